The van der Waals surface area contributed by atoms with Gasteiger partial charge in [-0.1, -0.05) is 0 Å². The van der Waals surface area contributed by atoms with Gasteiger partial charge in [0.05, 0.1) is 5.56 Å². The Morgan fingerprint density at radius 1 is 0.946 bits per heavy atom. The van der Waals surface area contributed by atoms with Gasteiger partial charge in [0.15, 0.2) is 5.69 Å². The first kappa shape index (κ1) is 25.8. The lowest BCUT2D eigenvalue weighted by Gasteiger charge is -2.25. The van der Waals surface area contributed by atoms with Crippen molar-refractivity contribution in [2.45, 2.75) is 25.1 Å². The number of anilines is 2. The van der Waals surface area contributed by atoms with Gasteiger partial charge >= 0.3 is 18.2 Å². The van der Waals surface area contributed by atoms with E-state index in [2.05, 4.69) is 20.9 Å². The molecule has 0 unspecified atom stereocenters. The van der Waals surface area contributed by atoms with Gasteiger partial charge in [-0.25, -0.2) is 14.6 Å². The van der Waals surface area contributed by atoms with E-state index in [1.165, 1.54) is 54.7 Å². The second-order valence-electron chi connectivity index (χ2n) is 8.16. The lowest BCUT2D eigenvalue weighted by molar-refractivity contribution is -0.139. The number of benzene rings is 2. The molecule has 1 fully saturated rings. The van der Waals surface area contributed by atoms with Gasteiger partial charge in [-0.05, 0) is 74.5 Å². The molecule has 37 heavy (non-hydrogen) atoms. The number of pyridine rings is 1. The first-order valence-corrected chi connectivity index (χ1v) is 11.3. The maximum atomic E-state index is 13.7. The number of carboxylic acid groups (broad SMARTS) is 1. The second-order valence-corrected chi connectivity index (χ2v) is 8.16. The molecule has 4 N–H and O–H groups in total. The molecule has 9 nitrogen and oxygen atoms in total. The topological polar surface area (TPSA) is 122 Å². The van der Waals surface area contributed by atoms with Crippen molar-refractivity contribution in [1.29, 1.82) is 0 Å². The number of piperidine rings is 1. The Balaban J connectivity index is 1.38. The molecule has 0 saturated carbocycles. The molecular formula is C25H23F3N4O5. The molecule has 3 aromatic rings. The average molecular weight is 516 g/mol. The highest BCUT2D eigenvalue weighted by atomic mass is 19.4. The molecule has 12 heteroatoms. The lowest BCUT2D eigenvalue weighted by Crippen LogP contribution is -2.34. The third-order valence-corrected chi connectivity index (χ3v) is 5.42. The van der Waals surface area contributed by atoms with Crippen molar-refractivity contribution in [1.82, 2.24) is 10.3 Å². The van der Waals surface area contributed by atoms with Gasteiger partial charge < -0.3 is 30.5 Å². The monoisotopic (exact) mass is 516 g/mol. The zero-order valence-corrected chi connectivity index (χ0v) is 19.3. The zero-order valence-electron chi connectivity index (χ0n) is 19.3. The minimum atomic E-state index is -4.66. The van der Waals surface area contributed by atoms with Gasteiger partial charge in [-0.2, -0.15) is 13.2 Å². The molecule has 1 aromatic heterocycles. The smallest absolute Gasteiger partial charge is 0.420 e. The lowest BCUT2D eigenvalue weighted by atomic mass is 10.1. The largest absolute Gasteiger partial charge is 0.490 e. The summed E-state index contributed by atoms with van der Waals surface area (Å²) in [5.41, 5.74) is -0.832. The predicted molar refractivity (Wildman–Crippen MR) is 128 cm³/mol. The number of rotatable bonds is 7. The number of urea groups is 1. The summed E-state index contributed by atoms with van der Waals surface area (Å²) in [6.45, 7) is 1.35. The number of hydrogen-bond acceptors (Lipinski definition) is 6. The van der Waals surface area contributed by atoms with Gasteiger partial charge in [0.2, 0.25) is 0 Å². The van der Waals surface area contributed by atoms with E-state index >= 15 is 0 Å². The number of aromatic nitrogens is 1. The van der Waals surface area contributed by atoms with E-state index in [4.69, 9.17) is 14.6 Å². The SMILES string of the molecule is O=C(Nc1ccc(Oc2ccnc(C(=O)O)c2)cc1)Nc1ccc(OC2CCNCC2)c(C(F)(F)F)c1. The van der Waals surface area contributed by atoms with Gasteiger partial charge in [-0.15, -0.1) is 0 Å². The highest BCUT2D eigenvalue weighted by Crippen LogP contribution is 2.39. The number of ether oxygens (including phenoxy) is 2. The van der Waals surface area contributed by atoms with E-state index in [0.29, 0.717) is 37.4 Å². The minimum Gasteiger partial charge on any atom is -0.490 e. The number of nitrogens with zero attached hydrogens (tertiary/aromatic N) is 1. The number of carboxylic acids is 1. The summed E-state index contributed by atoms with van der Waals surface area (Å²) in [5.74, 6) is -0.834. The Morgan fingerprint density at radius 3 is 2.30 bits per heavy atom. The Labute approximate surface area is 209 Å². The molecule has 2 heterocycles. The standard InChI is InChI=1S/C25H23F3N4O5/c26-25(27,28)20-13-16(3-6-22(20)37-18-7-10-29-11-8-18)32-24(35)31-15-1-4-17(5-2-15)36-19-9-12-30-21(14-19)23(33)34/h1-6,9,12-14,18,29H,7-8,10-11H2,(H,33,34)(H2,31,32,35). The summed E-state index contributed by atoms with van der Waals surface area (Å²) in [7, 11) is 0. The summed E-state index contributed by atoms with van der Waals surface area (Å²) < 4.78 is 52.2. The van der Waals surface area contributed by atoms with E-state index in [-0.39, 0.29) is 29.0 Å². The van der Waals surface area contributed by atoms with E-state index in [1.54, 1.807) is 0 Å². The van der Waals surface area contributed by atoms with E-state index in [0.717, 1.165) is 6.07 Å². The third-order valence-electron chi connectivity index (χ3n) is 5.42. The van der Waals surface area contributed by atoms with Gasteiger partial charge in [0.1, 0.15) is 23.4 Å². The Bertz CT molecular complexity index is 1260. The van der Waals surface area contributed by atoms with E-state index < -0.39 is 23.7 Å². The maximum absolute atomic E-state index is 13.7. The average Bonchev–Trinajstić information content (AvgIpc) is 2.86. The number of halogens is 3. The molecule has 194 valence electrons. The van der Waals surface area contributed by atoms with Crippen LogP contribution in [0, 0.1) is 0 Å². The summed E-state index contributed by atoms with van der Waals surface area (Å²) >= 11 is 0. The van der Waals surface area contributed by atoms with Crippen LogP contribution in [-0.2, 0) is 6.18 Å². The molecule has 0 spiro atoms. The van der Waals surface area contributed by atoms with Crippen LogP contribution in [0.4, 0.5) is 29.3 Å². The van der Waals surface area contributed by atoms with Crippen molar-refractivity contribution in [3.8, 4) is 17.2 Å². The van der Waals surface area contributed by atoms with Crippen molar-refractivity contribution in [2.75, 3.05) is 23.7 Å². The van der Waals surface area contributed by atoms with Crippen LogP contribution in [0.25, 0.3) is 0 Å². The molecule has 1 aliphatic heterocycles. The van der Waals surface area contributed by atoms with Crippen molar-refractivity contribution in [3.63, 3.8) is 0 Å². The number of aromatic carboxylic acids is 1. The number of carbonyl (C=O) groups is 2. The first-order valence-electron chi connectivity index (χ1n) is 11.3. The van der Waals surface area contributed by atoms with Gasteiger partial charge in [0.25, 0.3) is 0 Å². The quantitative estimate of drug-likeness (QED) is 0.333. The minimum absolute atomic E-state index is 0.0469. The fourth-order valence-corrected chi connectivity index (χ4v) is 3.65. The molecule has 0 aliphatic carbocycles. The van der Waals surface area contributed by atoms with Crippen LogP contribution in [0.15, 0.2) is 60.8 Å². The molecule has 1 aliphatic rings. The molecular weight excluding hydrogens is 493 g/mol. The van der Waals surface area contributed by atoms with Crippen LogP contribution in [0.1, 0.15) is 28.9 Å². The van der Waals surface area contributed by atoms with Crippen LogP contribution >= 0.6 is 0 Å². The Morgan fingerprint density at radius 2 is 1.62 bits per heavy atom. The molecule has 0 bridgehead atoms. The molecule has 2 aromatic carbocycles. The first-order chi connectivity index (χ1) is 17.7. The van der Waals surface area contributed by atoms with Crippen molar-refractivity contribution < 1.29 is 37.3 Å². The molecule has 0 atom stereocenters. The fourth-order valence-electron chi connectivity index (χ4n) is 3.65. The van der Waals surface area contributed by atoms with Crippen molar-refractivity contribution in [3.05, 3.63) is 72.1 Å². The summed E-state index contributed by atoms with van der Waals surface area (Å²) in [5, 5.41) is 17.1. The van der Waals surface area contributed by atoms with Gasteiger partial charge in [-0.3, -0.25) is 0 Å². The number of nitrogens with one attached hydrogen (secondary N) is 3. The zero-order chi connectivity index (χ0) is 26.4. The molecule has 2 amide bonds. The van der Waals surface area contributed by atoms with Crippen LogP contribution in [0.2, 0.25) is 0 Å². The molecule has 4 rings (SSSR count). The maximum Gasteiger partial charge on any atom is 0.420 e. The highest BCUT2D eigenvalue weighted by Gasteiger charge is 2.35. The highest BCUT2D eigenvalue weighted by molar-refractivity contribution is 5.99. The normalized spacial score (nSPS) is 14.0. The van der Waals surface area contributed by atoms with E-state index in [1.807, 2.05) is 0 Å². The predicted octanol–water partition coefficient (Wildman–Crippen LogP) is 5.37. The third kappa shape index (κ3) is 7.10. The van der Waals surface area contributed by atoms with Crippen LogP contribution < -0.4 is 25.4 Å². The van der Waals surface area contributed by atoms with Crippen LogP contribution in [0.3, 0.4) is 0 Å². The summed E-state index contributed by atoms with van der Waals surface area (Å²) in [6.07, 6.45) is -2.46. The van der Waals surface area contributed by atoms with Gasteiger partial charge in [0, 0.05) is 23.6 Å². The number of hydrogen-bond donors (Lipinski definition) is 4. The number of carbonyl (C=O) groups excluding carboxylic acids is 1. The number of amides is 2. The van der Waals surface area contributed by atoms with E-state index in [9.17, 15) is 22.8 Å². The van der Waals surface area contributed by atoms with Crippen LogP contribution in [0.5, 0.6) is 17.2 Å². The Kier molecular flexibility index (Phi) is 7.77. The second kappa shape index (κ2) is 11.2. The molecule has 1 saturated heterocycles. The fraction of sp³-hybridized carbons (Fsp3) is 0.240. The summed E-state index contributed by atoms with van der Waals surface area (Å²) in [4.78, 5) is 27.1. The summed E-state index contributed by atoms with van der Waals surface area (Å²) in [6, 6.07) is 11.5. The molecule has 0 radical (unpaired) electrons. The van der Waals surface area contributed by atoms with Crippen molar-refractivity contribution in [2.24, 2.45) is 0 Å². The number of alkyl halides is 3. The van der Waals surface area contributed by atoms with Crippen molar-refractivity contribution >= 4 is 23.4 Å². The Hall–Kier alpha value is -4.32. The van der Waals surface area contributed by atoms with Crippen LogP contribution in [-0.4, -0.2) is 41.3 Å².